The molecule has 4 rings (SSSR count). The molecule has 4 aromatic rings. The summed E-state index contributed by atoms with van der Waals surface area (Å²) in [5.74, 6) is 0.889. The van der Waals surface area contributed by atoms with E-state index >= 15 is 0 Å². The molecule has 0 aliphatic rings. The number of hydrogen-bond acceptors (Lipinski definition) is 4. The second-order valence-electron chi connectivity index (χ2n) is 6.50. The molecule has 0 N–H and O–H groups in total. The fourth-order valence-electron chi connectivity index (χ4n) is 2.95. The van der Waals surface area contributed by atoms with Crippen LogP contribution in [-0.2, 0) is 9.13 Å². The third-order valence-corrected chi connectivity index (χ3v) is 7.08. The Morgan fingerprint density at radius 3 is 1.65 bits per heavy atom. The minimum atomic E-state index is -2.10. The van der Waals surface area contributed by atoms with Crippen LogP contribution in [0.3, 0.4) is 0 Å². The molecular formula is C24H17BrO4P2+2. The monoisotopic (exact) mass is 510 g/mol. The number of hydrogen-bond donors (Lipinski definition) is 0. The maximum absolute atomic E-state index is 12.8. The van der Waals surface area contributed by atoms with Gasteiger partial charge in [-0.15, -0.1) is 0 Å². The Hall–Kier alpha value is -2.84. The molecule has 0 saturated carbocycles. The summed E-state index contributed by atoms with van der Waals surface area (Å²) in [6.07, 6.45) is 0. The van der Waals surface area contributed by atoms with Crippen molar-refractivity contribution >= 4 is 42.6 Å². The number of rotatable bonds is 7. The molecule has 0 radical (unpaired) electrons. The van der Waals surface area contributed by atoms with Crippen molar-refractivity contribution in [3.63, 3.8) is 0 Å². The van der Waals surface area contributed by atoms with Gasteiger partial charge in [0.25, 0.3) is 0 Å². The van der Waals surface area contributed by atoms with E-state index in [9.17, 15) is 9.13 Å². The van der Waals surface area contributed by atoms with Crippen molar-refractivity contribution in [2.75, 3.05) is 0 Å². The average molecular weight is 511 g/mol. The molecule has 2 unspecified atom stereocenters. The highest BCUT2D eigenvalue weighted by atomic mass is 79.9. The molecular weight excluding hydrogens is 494 g/mol. The highest BCUT2D eigenvalue weighted by Gasteiger charge is 2.28. The molecule has 0 amide bonds. The lowest BCUT2D eigenvalue weighted by Crippen LogP contribution is -2.01. The first-order valence-corrected chi connectivity index (χ1v) is 12.6. The molecule has 31 heavy (non-hydrogen) atoms. The summed E-state index contributed by atoms with van der Waals surface area (Å²) in [6.45, 7) is 0. The van der Waals surface area contributed by atoms with E-state index in [0.717, 1.165) is 4.47 Å². The smallest absolute Gasteiger partial charge is 0.250 e. The standard InChI is InChI=1S/C24H17BrO4P2/c25-18-15-16-22(24(17-18)29-31(27)20-11-5-2-6-12-20)21-13-7-8-14-23(21)28-30(26)19-9-3-1-4-10-19/h1-17H/q+2. The van der Waals surface area contributed by atoms with Gasteiger partial charge in [0.2, 0.25) is 10.6 Å². The van der Waals surface area contributed by atoms with E-state index in [1.165, 1.54) is 0 Å². The summed E-state index contributed by atoms with van der Waals surface area (Å²) in [6, 6.07) is 30.8. The van der Waals surface area contributed by atoms with Gasteiger partial charge in [-0.25, -0.2) is 9.05 Å². The Morgan fingerprint density at radius 2 is 1.03 bits per heavy atom. The molecule has 0 fully saturated rings. The molecule has 0 heterocycles. The summed E-state index contributed by atoms with van der Waals surface area (Å²) in [5.41, 5.74) is 1.38. The van der Waals surface area contributed by atoms with Crippen molar-refractivity contribution in [1.29, 1.82) is 0 Å². The molecule has 0 aromatic heterocycles. The SMILES string of the molecule is O=[P+](Oc1ccccc1-c1ccc(Br)cc1O[P+](=O)c1ccccc1)c1ccccc1. The zero-order valence-corrected chi connectivity index (χ0v) is 19.6. The quantitative estimate of drug-likeness (QED) is 0.251. The van der Waals surface area contributed by atoms with Crippen LogP contribution in [0.15, 0.2) is 108 Å². The fourth-order valence-corrected chi connectivity index (χ4v) is 5.00. The number of para-hydroxylation sites is 1. The Balaban J connectivity index is 1.69. The van der Waals surface area contributed by atoms with Crippen LogP contribution in [0.25, 0.3) is 11.1 Å². The zero-order chi connectivity index (χ0) is 21.6. The third kappa shape index (κ3) is 5.26. The molecule has 4 aromatic carbocycles. The van der Waals surface area contributed by atoms with Crippen molar-refractivity contribution < 1.29 is 18.2 Å². The Kier molecular flexibility index (Phi) is 6.89. The van der Waals surface area contributed by atoms with Crippen molar-refractivity contribution in [3.8, 4) is 22.6 Å². The maximum Gasteiger partial charge on any atom is 0.597 e. The van der Waals surface area contributed by atoms with Gasteiger partial charge in [-0.1, -0.05) is 70.5 Å². The summed E-state index contributed by atoms with van der Waals surface area (Å²) < 4.78 is 38.0. The zero-order valence-electron chi connectivity index (χ0n) is 16.2. The van der Waals surface area contributed by atoms with E-state index in [1.54, 1.807) is 36.4 Å². The normalized spacial score (nSPS) is 11.5. The van der Waals surface area contributed by atoms with Crippen LogP contribution in [0.4, 0.5) is 0 Å². The Labute approximate surface area is 190 Å². The largest absolute Gasteiger partial charge is 0.597 e. The third-order valence-electron chi connectivity index (χ3n) is 4.42. The van der Waals surface area contributed by atoms with Crippen molar-refractivity contribution in [3.05, 3.63) is 108 Å². The lowest BCUT2D eigenvalue weighted by atomic mass is 10.0. The van der Waals surface area contributed by atoms with Crippen molar-refractivity contribution in [2.24, 2.45) is 0 Å². The predicted octanol–water partition coefficient (Wildman–Crippen LogP) is 7.01. The van der Waals surface area contributed by atoms with Crippen molar-refractivity contribution in [1.82, 2.24) is 0 Å². The number of benzene rings is 4. The summed E-state index contributed by atoms with van der Waals surface area (Å²) in [7, 11) is -4.19. The van der Waals surface area contributed by atoms with Crippen LogP contribution in [0.1, 0.15) is 0 Å². The molecule has 0 bridgehead atoms. The van der Waals surface area contributed by atoms with Gasteiger partial charge in [0.15, 0.2) is 11.5 Å². The van der Waals surface area contributed by atoms with Gasteiger partial charge in [0.1, 0.15) is 0 Å². The summed E-state index contributed by atoms with van der Waals surface area (Å²) in [4.78, 5) is 0. The Morgan fingerprint density at radius 1 is 0.548 bits per heavy atom. The molecule has 0 spiro atoms. The van der Waals surface area contributed by atoms with Gasteiger partial charge >= 0.3 is 16.1 Å². The summed E-state index contributed by atoms with van der Waals surface area (Å²) >= 11 is 3.45. The van der Waals surface area contributed by atoms with Crippen molar-refractivity contribution in [2.45, 2.75) is 0 Å². The van der Waals surface area contributed by atoms with Gasteiger partial charge in [0, 0.05) is 21.7 Å². The van der Waals surface area contributed by atoms with Gasteiger partial charge in [-0.2, -0.15) is 0 Å². The van der Waals surface area contributed by atoms with E-state index in [0.29, 0.717) is 33.2 Å². The molecule has 0 saturated heterocycles. The van der Waals surface area contributed by atoms with Gasteiger partial charge in [0.05, 0.1) is 0 Å². The first-order chi connectivity index (χ1) is 15.1. The molecule has 2 atom stereocenters. The van der Waals surface area contributed by atoms with Gasteiger partial charge in [-0.05, 0) is 51.6 Å². The Bertz CT molecular complexity index is 1230. The molecule has 7 heteroatoms. The minimum Gasteiger partial charge on any atom is -0.250 e. The topological polar surface area (TPSA) is 52.6 Å². The second kappa shape index (κ2) is 9.98. The van der Waals surface area contributed by atoms with Crippen LogP contribution in [0.5, 0.6) is 11.5 Å². The predicted molar refractivity (Wildman–Crippen MR) is 128 cm³/mol. The first kappa shape index (κ1) is 21.4. The molecule has 152 valence electrons. The fraction of sp³-hybridized carbons (Fsp3) is 0. The van der Waals surface area contributed by atoms with E-state index in [-0.39, 0.29) is 0 Å². The number of halogens is 1. The van der Waals surface area contributed by atoms with Crippen LogP contribution in [0.2, 0.25) is 0 Å². The first-order valence-electron chi connectivity index (χ1n) is 9.41. The maximum atomic E-state index is 12.8. The molecule has 0 aliphatic carbocycles. The lowest BCUT2D eigenvalue weighted by Gasteiger charge is -2.08. The molecule has 4 nitrogen and oxygen atoms in total. The minimum absolute atomic E-state index is 0.435. The second-order valence-corrected chi connectivity index (χ2v) is 9.85. The van der Waals surface area contributed by atoms with Crippen LogP contribution in [0, 0.1) is 0 Å². The van der Waals surface area contributed by atoms with E-state index in [4.69, 9.17) is 9.05 Å². The van der Waals surface area contributed by atoms with Crippen LogP contribution >= 0.6 is 32.0 Å². The van der Waals surface area contributed by atoms with E-state index in [1.807, 2.05) is 66.7 Å². The highest BCUT2D eigenvalue weighted by Crippen LogP contribution is 2.43. The average Bonchev–Trinajstić information content (AvgIpc) is 2.81. The van der Waals surface area contributed by atoms with Gasteiger partial charge in [-0.3, -0.25) is 0 Å². The lowest BCUT2D eigenvalue weighted by molar-refractivity contribution is 0.511. The van der Waals surface area contributed by atoms with Gasteiger partial charge < -0.3 is 0 Å². The highest BCUT2D eigenvalue weighted by molar-refractivity contribution is 9.10. The summed E-state index contributed by atoms with van der Waals surface area (Å²) in [5, 5.41) is 1.20. The van der Waals surface area contributed by atoms with E-state index < -0.39 is 16.1 Å². The van der Waals surface area contributed by atoms with E-state index in [2.05, 4.69) is 15.9 Å². The van der Waals surface area contributed by atoms with Crippen LogP contribution < -0.4 is 19.7 Å². The van der Waals surface area contributed by atoms with Crippen LogP contribution in [-0.4, -0.2) is 0 Å². The molecule has 0 aliphatic heterocycles.